The average Bonchev–Trinajstić information content (AvgIpc) is 3.01. The third-order valence-electron chi connectivity index (χ3n) is 4.88. The molecule has 1 fully saturated rings. The van der Waals surface area contributed by atoms with Gasteiger partial charge in [-0.15, -0.1) is 0 Å². The van der Waals surface area contributed by atoms with Gasteiger partial charge >= 0.3 is 0 Å². The summed E-state index contributed by atoms with van der Waals surface area (Å²) in [5.41, 5.74) is 3.05. The molecule has 1 atom stereocenters. The van der Waals surface area contributed by atoms with Gasteiger partial charge in [0, 0.05) is 10.4 Å². The van der Waals surface area contributed by atoms with Gasteiger partial charge in [0.15, 0.2) is 0 Å². The Kier molecular flexibility index (Phi) is 4.05. The van der Waals surface area contributed by atoms with Crippen LogP contribution >= 0.6 is 11.6 Å². The Bertz CT molecular complexity index is 615. The Morgan fingerprint density at radius 2 is 1.71 bits per heavy atom. The molecule has 0 radical (unpaired) electrons. The van der Waals surface area contributed by atoms with Crippen LogP contribution in [-0.4, -0.2) is 5.11 Å². The minimum Gasteiger partial charge on any atom is -0.387 e. The van der Waals surface area contributed by atoms with Crippen molar-refractivity contribution in [1.29, 1.82) is 0 Å². The molecule has 1 saturated carbocycles. The quantitative estimate of drug-likeness (QED) is 0.826. The van der Waals surface area contributed by atoms with Crippen LogP contribution in [0.5, 0.6) is 0 Å². The molecular weight excluding hydrogens is 280 g/mol. The van der Waals surface area contributed by atoms with Crippen molar-refractivity contribution >= 4 is 11.6 Å². The smallest absolute Gasteiger partial charge is 0.0887 e. The lowest BCUT2D eigenvalue weighted by molar-refractivity contribution is 0.0822. The first kappa shape index (κ1) is 14.6. The zero-order chi connectivity index (χ0) is 14.9. The Morgan fingerprint density at radius 3 is 2.33 bits per heavy atom. The average molecular weight is 301 g/mol. The molecule has 21 heavy (non-hydrogen) atoms. The molecule has 1 aliphatic rings. The van der Waals surface area contributed by atoms with Crippen molar-refractivity contribution in [2.75, 3.05) is 0 Å². The molecule has 3 rings (SSSR count). The summed E-state index contributed by atoms with van der Waals surface area (Å²) >= 11 is 6.24. The lowest BCUT2D eigenvalue weighted by atomic mass is 9.72. The Morgan fingerprint density at radius 1 is 1.05 bits per heavy atom. The van der Waals surface area contributed by atoms with Gasteiger partial charge in [-0.25, -0.2) is 0 Å². The molecule has 0 spiro atoms. The van der Waals surface area contributed by atoms with Gasteiger partial charge < -0.3 is 5.11 Å². The summed E-state index contributed by atoms with van der Waals surface area (Å²) in [6, 6.07) is 16.4. The summed E-state index contributed by atoms with van der Waals surface area (Å²) in [7, 11) is 0. The van der Waals surface area contributed by atoms with Crippen molar-refractivity contribution in [3.63, 3.8) is 0 Å². The first-order chi connectivity index (χ1) is 10.1. The standard InChI is InChI=1S/C19H21ClO/c1-14-9-10-15(13-17(14)20)18(21)19(11-5-6-12-19)16-7-3-2-4-8-16/h2-4,7-10,13,18,21H,5-6,11-12H2,1H3. The molecular formula is C19H21ClO. The summed E-state index contributed by atoms with van der Waals surface area (Å²) < 4.78 is 0. The molecule has 1 nitrogen and oxygen atoms in total. The van der Waals surface area contributed by atoms with Crippen LogP contribution in [0.15, 0.2) is 48.5 Å². The van der Waals surface area contributed by atoms with E-state index in [-0.39, 0.29) is 5.41 Å². The topological polar surface area (TPSA) is 20.2 Å². The molecule has 0 amide bonds. The number of aliphatic hydroxyl groups excluding tert-OH is 1. The van der Waals surface area contributed by atoms with Gasteiger partial charge in [0.2, 0.25) is 0 Å². The molecule has 110 valence electrons. The summed E-state index contributed by atoms with van der Waals surface area (Å²) in [6.45, 7) is 1.99. The first-order valence-electron chi connectivity index (χ1n) is 7.63. The molecule has 2 heteroatoms. The van der Waals surface area contributed by atoms with E-state index in [0.29, 0.717) is 0 Å². The van der Waals surface area contributed by atoms with Gasteiger partial charge in [0.25, 0.3) is 0 Å². The highest BCUT2D eigenvalue weighted by Gasteiger charge is 2.42. The zero-order valence-electron chi connectivity index (χ0n) is 12.3. The van der Waals surface area contributed by atoms with Crippen LogP contribution < -0.4 is 0 Å². The van der Waals surface area contributed by atoms with Gasteiger partial charge in [-0.05, 0) is 42.5 Å². The van der Waals surface area contributed by atoms with Crippen molar-refractivity contribution in [3.05, 3.63) is 70.2 Å². The minimum absolute atomic E-state index is 0.167. The number of aryl methyl sites for hydroxylation is 1. The van der Waals surface area contributed by atoms with E-state index in [0.717, 1.165) is 29.0 Å². The Hall–Kier alpha value is -1.31. The van der Waals surface area contributed by atoms with E-state index in [4.69, 9.17) is 11.6 Å². The molecule has 0 bridgehead atoms. The SMILES string of the molecule is Cc1ccc(C(O)C2(c3ccccc3)CCCC2)cc1Cl. The Labute approximate surface area is 131 Å². The molecule has 0 aliphatic heterocycles. The Balaban J connectivity index is 2.03. The third kappa shape index (κ3) is 2.61. The van der Waals surface area contributed by atoms with Crippen molar-refractivity contribution < 1.29 is 5.11 Å². The fourth-order valence-electron chi connectivity index (χ4n) is 3.59. The molecule has 0 aromatic heterocycles. The second kappa shape index (κ2) is 5.82. The van der Waals surface area contributed by atoms with Crippen LogP contribution in [0, 0.1) is 6.92 Å². The fourth-order valence-corrected chi connectivity index (χ4v) is 3.78. The molecule has 1 aliphatic carbocycles. The molecule has 2 aromatic carbocycles. The summed E-state index contributed by atoms with van der Waals surface area (Å²) in [5, 5.41) is 11.8. The maximum Gasteiger partial charge on any atom is 0.0887 e. The number of hydrogen-bond acceptors (Lipinski definition) is 1. The normalized spacial score (nSPS) is 18.6. The summed E-state index contributed by atoms with van der Waals surface area (Å²) in [6.07, 6.45) is 3.91. The van der Waals surface area contributed by atoms with E-state index >= 15 is 0 Å². The molecule has 2 aromatic rings. The maximum absolute atomic E-state index is 11.1. The van der Waals surface area contributed by atoms with Gasteiger partial charge in [0.05, 0.1) is 6.10 Å². The van der Waals surface area contributed by atoms with Gasteiger partial charge in [0.1, 0.15) is 0 Å². The molecule has 1 N–H and O–H groups in total. The van der Waals surface area contributed by atoms with E-state index in [1.165, 1.54) is 18.4 Å². The highest BCUT2D eigenvalue weighted by Crippen LogP contribution is 2.49. The van der Waals surface area contributed by atoms with Gasteiger partial charge in [-0.1, -0.05) is 66.9 Å². The van der Waals surface area contributed by atoms with Crippen molar-refractivity contribution in [2.24, 2.45) is 0 Å². The summed E-state index contributed by atoms with van der Waals surface area (Å²) in [5.74, 6) is 0. The summed E-state index contributed by atoms with van der Waals surface area (Å²) in [4.78, 5) is 0. The molecule has 1 unspecified atom stereocenters. The number of hydrogen-bond donors (Lipinski definition) is 1. The van der Waals surface area contributed by atoms with Crippen molar-refractivity contribution in [2.45, 2.75) is 44.1 Å². The van der Waals surface area contributed by atoms with E-state index < -0.39 is 6.10 Å². The number of aliphatic hydroxyl groups is 1. The molecule has 0 heterocycles. The van der Waals surface area contributed by atoms with Crippen LogP contribution in [0.3, 0.4) is 0 Å². The van der Waals surface area contributed by atoms with E-state index in [2.05, 4.69) is 24.3 Å². The van der Waals surface area contributed by atoms with Crippen LogP contribution in [0.2, 0.25) is 5.02 Å². The number of rotatable bonds is 3. The predicted molar refractivity (Wildman–Crippen MR) is 87.7 cm³/mol. The lowest BCUT2D eigenvalue weighted by Crippen LogP contribution is -2.30. The van der Waals surface area contributed by atoms with Crippen LogP contribution in [0.25, 0.3) is 0 Å². The number of benzene rings is 2. The lowest BCUT2D eigenvalue weighted by Gasteiger charge is -2.35. The second-order valence-electron chi connectivity index (χ2n) is 6.14. The fraction of sp³-hybridized carbons (Fsp3) is 0.368. The van der Waals surface area contributed by atoms with Gasteiger partial charge in [-0.2, -0.15) is 0 Å². The molecule has 0 saturated heterocycles. The van der Waals surface area contributed by atoms with E-state index in [1.54, 1.807) is 0 Å². The second-order valence-corrected chi connectivity index (χ2v) is 6.55. The van der Waals surface area contributed by atoms with Crippen LogP contribution in [0.1, 0.15) is 48.5 Å². The first-order valence-corrected chi connectivity index (χ1v) is 8.01. The predicted octanol–water partition coefficient (Wildman–Crippen LogP) is 5.19. The zero-order valence-corrected chi connectivity index (χ0v) is 13.1. The van der Waals surface area contributed by atoms with Crippen molar-refractivity contribution in [3.8, 4) is 0 Å². The van der Waals surface area contributed by atoms with Gasteiger partial charge in [-0.3, -0.25) is 0 Å². The number of halogens is 1. The highest BCUT2D eigenvalue weighted by molar-refractivity contribution is 6.31. The minimum atomic E-state index is -0.500. The van der Waals surface area contributed by atoms with E-state index in [9.17, 15) is 5.11 Å². The van der Waals surface area contributed by atoms with Crippen molar-refractivity contribution in [1.82, 2.24) is 0 Å². The largest absolute Gasteiger partial charge is 0.387 e. The maximum atomic E-state index is 11.1. The van der Waals surface area contributed by atoms with E-state index in [1.807, 2.05) is 31.2 Å². The monoisotopic (exact) mass is 300 g/mol. The van der Waals surface area contributed by atoms with Crippen LogP contribution in [0.4, 0.5) is 0 Å². The highest BCUT2D eigenvalue weighted by atomic mass is 35.5. The third-order valence-corrected chi connectivity index (χ3v) is 5.29. The van der Waals surface area contributed by atoms with Crippen LogP contribution in [-0.2, 0) is 5.41 Å².